The van der Waals surface area contributed by atoms with E-state index in [1.54, 1.807) is 18.3 Å². The van der Waals surface area contributed by atoms with E-state index in [2.05, 4.69) is 4.98 Å². The molecule has 1 heterocycles. The van der Waals surface area contributed by atoms with Crippen LogP contribution in [0.1, 0.15) is 11.9 Å². The number of rotatable bonds is 2. The molecule has 1 aromatic heterocycles. The molecule has 1 aromatic carbocycles. The molecular weight excluding hydrogens is 197 g/mol. The number of halogens is 1. The summed E-state index contributed by atoms with van der Waals surface area (Å²) in [5, 5.41) is 10.1. The molecule has 2 rings (SSSR count). The predicted molar refractivity (Wildman–Crippen MR) is 53.7 cm³/mol. The lowest BCUT2D eigenvalue weighted by Crippen LogP contribution is -2.01. The number of aromatic nitrogens is 1. The molecule has 3 nitrogen and oxygen atoms in total. The fourth-order valence-electron chi connectivity index (χ4n) is 1.48. The topological polar surface area (TPSA) is 42.4 Å². The second kappa shape index (κ2) is 3.92. The molecule has 1 atom stereocenters. The van der Waals surface area contributed by atoms with Crippen LogP contribution in [0, 0.1) is 5.82 Å². The Morgan fingerprint density at radius 2 is 2.20 bits per heavy atom. The number of nitrogens with zero attached hydrogens (tertiary/aromatic N) is 1. The van der Waals surface area contributed by atoms with Gasteiger partial charge in [-0.25, -0.2) is 4.39 Å². The van der Waals surface area contributed by atoms with Crippen molar-refractivity contribution in [1.82, 2.24) is 4.98 Å². The van der Waals surface area contributed by atoms with Gasteiger partial charge in [-0.2, -0.15) is 0 Å². The number of aliphatic hydroxyl groups is 1. The molecule has 0 amide bonds. The highest BCUT2D eigenvalue weighted by Crippen LogP contribution is 2.23. The lowest BCUT2D eigenvalue weighted by molar-refractivity contribution is -0.0759. The summed E-state index contributed by atoms with van der Waals surface area (Å²) in [6.45, 7) is 0. The Morgan fingerprint density at radius 1 is 1.40 bits per heavy atom. The summed E-state index contributed by atoms with van der Waals surface area (Å²) in [6.07, 6.45) is 0.495. The molecule has 0 aliphatic carbocycles. The first kappa shape index (κ1) is 10.0. The van der Waals surface area contributed by atoms with Crippen LogP contribution in [0.25, 0.3) is 10.9 Å². The van der Waals surface area contributed by atoms with E-state index >= 15 is 0 Å². The molecule has 0 fully saturated rings. The zero-order chi connectivity index (χ0) is 10.8. The fourth-order valence-corrected chi connectivity index (χ4v) is 1.48. The Bertz CT molecular complexity index is 487. The van der Waals surface area contributed by atoms with E-state index in [9.17, 15) is 9.50 Å². The quantitative estimate of drug-likeness (QED) is 0.766. The Balaban J connectivity index is 2.68. The molecule has 0 saturated heterocycles. The molecule has 78 valence electrons. The molecule has 0 bridgehead atoms. The minimum absolute atomic E-state index is 0.361. The maximum atomic E-state index is 13.0. The molecule has 0 aliphatic rings. The molecule has 2 aromatic rings. The molecule has 0 aliphatic heterocycles. The summed E-state index contributed by atoms with van der Waals surface area (Å²) in [4.78, 5) is 4.07. The van der Waals surface area contributed by atoms with Gasteiger partial charge in [0.05, 0.1) is 5.52 Å². The zero-order valence-corrected chi connectivity index (χ0v) is 8.14. The summed E-state index contributed by atoms with van der Waals surface area (Å²) < 4.78 is 17.8. The maximum absolute atomic E-state index is 13.0. The van der Waals surface area contributed by atoms with Crippen LogP contribution in [-0.2, 0) is 4.74 Å². The molecule has 0 spiro atoms. The monoisotopic (exact) mass is 207 g/mol. The number of fused-ring (bicyclic) bond motifs is 1. The third kappa shape index (κ3) is 1.82. The van der Waals surface area contributed by atoms with Crippen molar-refractivity contribution >= 4 is 10.9 Å². The van der Waals surface area contributed by atoms with E-state index in [0.29, 0.717) is 16.5 Å². The molecule has 1 N–H and O–H groups in total. The standard InChI is InChI=1S/C11H10FNO2/c1-15-11(14)8-4-5-13-10-3-2-7(12)6-9(8)10/h2-6,11,14H,1H3. The summed E-state index contributed by atoms with van der Waals surface area (Å²) in [5.74, 6) is -0.361. The summed E-state index contributed by atoms with van der Waals surface area (Å²) >= 11 is 0. The van der Waals surface area contributed by atoms with Crippen molar-refractivity contribution < 1.29 is 14.2 Å². The highest BCUT2D eigenvalue weighted by molar-refractivity contribution is 5.82. The molecule has 1 unspecified atom stereocenters. The number of hydrogen-bond acceptors (Lipinski definition) is 3. The van der Waals surface area contributed by atoms with Gasteiger partial charge in [-0.05, 0) is 24.3 Å². The van der Waals surface area contributed by atoms with Gasteiger partial charge in [-0.15, -0.1) is 0 Å². The van der Waals surface area contributed by atoms with Crippen LogP contribution in [0.15, 0.2) is 30.5 Å². The second-order valence-corrected chi connectivity index (χ2v) is 3.15. The predicted octanol–water partition coefficient (Wildman–Crippen LogP) is 2.01. The average Bonchev–Trinajstić information content (AvgIpc) is 2.27. The van der Waals surface area contributed by atoms with Gasteiger partial charge in [0.25, 0.3) is 0 Å². The average molecular weight is 207 g/mol. The van der Waals surface area contributed by atoms with Gasteiger partial charge in [0.15, 0.2) is 6.29 Å². The van der Waals surface area contributed by atoms with E-state index < -0.39 is 6.29 Å². The largest absolute Gasteiger partial charge is 0.364 e. The van der Waals surface area contributed by atoms with Crippen LogP contribution in [0.5, 0.6) is 0 Å². The van der Waals surface area contributed by atoms with E-state index in [4.69, 9.17) is 4.74 Å². The Labute approximate surface area is 86.1 Å². The van der Waals surface area contributed by atoms with E-state index in [0.717, 1.165) is 0 Å². The molecule has 0 saturated carbocycles. The molecule has 4 heteroatoms. The van der Waals surface area contributed by atoms with E-state index in [1.165, 1.54) is 19.2 Å². The van der Waals surface area contributed by atoms with Gasteiger partial charge in [-0.1, -0.05) is 0 Å². The van der Waals surface area contributed by atoms with Gasteiger partial charge in [0, 0.05) is 24.3 Å². The van der Waals surface area contributed by atoms with E-state index in [1.807, 2.05) is 0 Å². The fraction of sp³-hybridized carbons (Fsp3) is 0.182. The highest BCUT2D eigenvalue weighted by atomic mass is 19.1. The first-order chi connectivity index (χ1) is 7.22. The number of pyridine rings is 1. The Kier molecular flexibility index (Phi) is 2.62. The first-order valence-corrected chi connectivity index (χ1v) is 4.47. The van der Waals surface area contributed by atoms with E-state index in [-0.39, 0.29) is 5.82 Å². The summed E-state index contributed by atoms with van der Waals surface area (Å²) in [6, 6.07) is 5.84. The minimum Gasteiger partial charge on any atom is -0.364 e. The molecule has 15 heavy (non-hydrogen) atoms. The van der Waals surface area contributed by atoms with Gasteiger partial charge in [0.2, 0.25) is 0 Å². The minimum atomic E-state index is -1.06. The van der Waals surface area contributed by atoms with Crippen LogP contribution in [-0.4, -0.2) is 17.2 Å². The van der Waals surface area contributed by atoms with Crippen LogP contribution in [0.4, 0.5) is 4.39 Å². The zero-order valence-electron chi connectivity index (χ0n) is 8.14. The first-order valence-electron chi connectivity index (χ1n) is 4.47. The van der Waals surface area contributed by atoms with Gasteiger partial charge in [-0.3, -0.25) is 4.98 Å². The van der Waals surface area contributed by atoms with Crippen molar-refractivity contribution in [3.8, 4) is 0 Å². The number of methoxy groups -OCH3 is 1. The SMILES string of the molecule is COC(O)c1ccnc2ccc(F)cc12. The smallest absolute Gasteiger partial charge is 0.181 e. The van der Waals surface area contributed by atoms with Crippen molar-refractivity contribution in [3.63, 3.8) is 0 Å². The normalized spacial score (nSPS) is 13.0. The number of benzene rings is 1. The molecule has 0 radical (unpaired) electrons. The number of aliphatic hydroxyl groups excluding tert-OH is 1. The van der Waals surface area contributed by atoms with Gasteiger partial charge < -0.3 is 9.84 Å². The Hall–Kier alpha value is -1.52. The van der Waals surface area contributed by atoms with Crippen LogP contribution in [0.2, 0.25) is 0 Å². The maximum Gasteiger partial charge on any atom is 0.181 e. The van der Waals surface area contributed by atoms with Crippen molar-refractivity contribution in [1.29, 1.82) is 0 Å². The number of ether oxygens (including phenoxy) is 1. The third-order valence-electron chi connectivity index (χ3n) is 2.23. The third-order valence-corrected chi connectivity index (χ3v) is 2.23. The van der Waals surface area contributed by atoms with Crippen molar-refractivity contribution in [2.24, 2.45) is 0 Å². The van der Waals surface area contributed by atoms with Crippen molar-refractivity contribution in [3.05, 3.63) is 41.8 Å². The Morgan fingerprint density at radius 3 is 2.93 bits per heavy atom. The summed E-state index contributed by atoms with van der Waals surface area (Å²) in [5.41, 5.74) is 1.15. The van der Waals surface area contributed by atoms with Crippen LogP contribution < -0.4 is 0 Å². The second-order valence-electron chi connectivity index (χ2n) is 3.15. The summed E-state index contributed by atoms with van der Waals surface area (Å²) in [7, 11) is 1.39. The van der Waals surface area contributed by atoms with Gasteiger partial charge >= 0.3 is 0 Å². The van der Waals surface area contributed by atoms with Crippen molar-refractivity contribution in [2.45, 2.75) is 6.29 Å². The lowest BCUT2D eigenvalue weighted by atomic mass is 10.1. The van der Waals surface area contributed by atoms with Crippen molar-refractivity contribution in [2.75, 3.05) is 7.11 Å². The van der Waals surface area contributed by atoms with Gasteiger partial charge in [0.1, 0.15) is 5.82 Å². The van der Waals surface area contributed by atoms with Crippen LogP contribution in [0.3, 0.4) is 0 Å². The molecular formula is C11H10FNO2. The number of hydrogen-bond donors (Lipinski definition) is 1. The highest BCUT2D eigenvalue weighted by Gasteiger charge is 2.10. The van der Waals surface area contributed by atoms with Crippen LogP contribution >= 0.6 is 0 Å². The lowest BCUT2D eigenvalue weighted by Gasteiger charge is -2.11.